The van der Waals surface area contributed by atoms with Crippen molar-refractivity contribution in [3.8, 4) is 0 Å². The van der Waals surface area contributed by atoms with Gasteiger partial charge in [0.15, 0.2) is 0 Å². The van der Waals surface area contributed by atoms with Gasteiger partial charge in [0, 0.05) is 6.16 Å². The molecule has 0 aromatic rings. The van der Waals surface area contributed by atoms with Crippen LogP contribution in [-0.4, -0.2) is 12.5 Å². The molecule has 0 bridgehead atoms. The second kappa shape index (κ2) is 3.86. The molecule has 0 fully saturated rings. The zero-order valence-electron chi connectivity index (χ0n) is 5.65. The van der Waals surface area contributed by atoms with Crippen LogP contribution in [0.3, 0.4) is 0 Å². The molecule has 0 N–H and O–H groups in total. The van der Waals surface area contributed by atoms with Crippen LogP contribution >= 0.6 is 8.20 Å². The van der Waals surface area contributed by atoms with E-state index in [4.69, 9.17) is 0 Å². The van der Waals surface area contributed by atoms with Crippen LogP contribution in [0.1, 0.15) is 13.8 Å². The summed E-state index contributed by atoms with van der Waals surface area (Å²) in [7, 11) is 1.18. The average Bonchev–Trinajstić information content (AvgIpc) is 1.67. The third-order valence-corrected chi connectivity index (χ3v) is 1.76. The number of rotatable bonds is 3. The highest BCUT2D eigenvalue weighted by Gasteiger charge is 1.94. The minimum Gasteiger partial charge on any atom is -0.108 e. The Hall–Kier alpha value is -0.0900. The van der Waals surface area contributed by atoms with E-state index in [2.05, 4.69) is 26.7 Å². The molecule has 0 atom stereocenters. The van der Waals surface area contributed by atoms with Crippen LogP contribution in [0.5, 0.6) is 0 Å². The maximum Gasteiger partial charge on any atom is 0.00985 e. The fourth-order valence-corrected chi connectivity index (χ4v) is 0.979. The fourth-order valence-electron chi connectivity index (χ4n) is 0.326. The summed E-state index contributed by atoms with van der Waals surface area (Å²) in [4.78, 5) is 0. The van der Waals surface area contributed by atoms with Crippen molar-refractivity contribution >= 4 is 14.5 Å². The predicted octanol–water partition coefficient (Wildman–Crippen LogP) is 2.58. The Morgan fingerprint density at radius 3 is 2.25 bits per heavy atom. The van der Waals surface area contributed by atoms with Crippen LogP contribution in [0, 0.1) is 5.92 Å². The molecular weight excluding hydrogens is 115 g/mol. The first-order valence-electron chi connectivity index (χ1n) is 2.78. The van der Waals surface area contributed by atoms with E-state index in [1.54, 1.807) is 0 Å². The van der Waals surface area contributed by atoms with E-state index in [1.165, 1.54) is 13.8 Å². The molecule has 8 heavy (non-hydrogen) atoms. The van der Waals surface area contributed by atoms with Crippen LogP contribution in [0.4, 0.5) is 0 Å². The van der Waals surface area contributed by atoms with Gasteiger partial charge in [-0.15, -0.1) is 8.20 Å². The Kier molecular flexibility index (Phi) is 3.81. The lowest BCUT2D eigenvalue weighted by molar-refractivity contribution is 0.777. The van der Waals surface area contributed by atoms with Crippen molar-refractivity contribution in [2.24, 2.45) is 5.92 Å². The molecule has 0 saturated carbocycles. The number of hydrogen-bond acceptors (Lipinski definition) is 0. The summed E-state index contributed by atoms with van der Waals surface area (Å²) < 4.78 is 0. The molecule has 0 radical (unpaired) electrons. The molecule has 0 aliphatic heterocycles. The third-order valence-electron chi connectivity index (χ3n) is 1.13. The molecule has 0 aromatic carbocycles. The van der Waals surface area contributed by atoms with Gasteiger partial charge in [-0.05, 0) is 5.92 Å². The molecule has 0 amide bonds. The van der Waals surface area contributed by atoms with E-state index >= 15 is 0 Å². The van der Waals surface area contributed by atoms with E-state index in [0.717, 1.165) is 6.16 Å². The lowest BCUT2D eigenvalue weighted by Gasteiger charge is -2.03. The molecule has 1 heteroatoms. The van der Waals surface area contributed by atoms with Crippen LogP contribution in [-0.2, 0) is 0 Å². The zero-order valence-corrected chi connectivity index (χ0v) is 6.54. The van der Waals surface area contributed by atoms with Crippen molar-refractivity contribution in [2.75, 3.05) is 6.16 Å². The molecule has 46 valence electrons. The van der Waals surface area contributed by atoms with E-state index in [0.29, 0.717) is 5.92 Å². The molecule has 0 aliphatic rings. The van der Waals surface area contributed by atoms with Gasteiger partial charge in [-0.2, -0.15) is 0 Å². The fraction of sp³-hybridized carbons (Fsp3) is 0.571. The quantitative estimate of drug-likeness (QED) is 0.405. The second-order valence-corrected chi connectivity index (χ2v) is 2.96. The summed E-state index contributed by atoms with van der Waals surface area (Å²) >= 11 is 0. The summed E-state index contributed by atoms with van der Waals surface area (Å²) in [6.45, 7) is 8.22. The van der Waals surface area contributed by atoms with Crippen LogP contribution in [0.25, 0.3) is 0 Å². The van der Waals surface area contributed by atoms with Crippen molar-refractivity contribution < 1.29 is 0 Å². The lowest BCUT2D eigenvalue weighted by atomic mass is 10.1. The van der Waals surface area contributed by atoms with Gasteiger partial charge in [-0.25, -0.2) is 0 Å². The van der Waals surface area contributed by atoms with Crippen molar-refractivity contribution in [2.45, 2.75) is 13.8 Å². The van der Waals surface area contributed by atoms with Crippen LogP contribution in [0.15, 0.2) is 12.2 Å². The van der Waals surface area contributed by atoms with Gasteiger partial charge >= 0.3 is 0 Å². The van der Waals surface area contributed by atoms with E-state index < -0.39 is 0 Å². The highest BCUT2D eigenvalue weighted by molar-refractivity contribution is 7.36. The minimum absolute atomic E-state index is 0.629. The van der Waals surface area contributed by atoms with Gasteiger partial charge in [0.2, 0.25) is 0 Å². The maximum atomic E-state index is 3.90. The average molecular weight is 128 g/mol. The highest BCUT2D eigenvalue weighted by atomic mass is 31.1. The Balaban J connectivity index is 3.48. The second-order valence-electron chi connectivity index (χ2n) is 2.19. The van der Waals surface area contributed by atoms with Crippen molar-refractivity contribution in [3.63, 3.8) is 0 Å². The molecule has 0 saturated heterocycles. The van der Waals surface area contributed by atoms with Gasteiger partial charge in [-0.1, -0.05) is 32.3 Å². The van der Waals surface area contributed by atoms with Gasteiger partial charge < -0.3 is 0 Å². The first kappa shape index (κ1) is 7.91. The molecule has 0 aromatic heterocycles. The van der Waals surface area contributed by atoms with Crippen LogP contribution < -0.4 is 0 Å². The molecule has 0 nitrogen and oxygen atoms in total. The zero-order chi connectivity index (χ0) is 6.57. The maximum absolute atomic E-state index is 3.90. The topological polar surface area (TPSA) is 0 Å². The standard InChI is InChI=1S/C7H13P/c1-6(2)7(3)5-8-4/h6H,3-5H2,1-2H3. The smallest absolute Gasteiger partial charge is 0.00985 e. The van der Waals surface area contributed by atoms with E-state index in [-0.39, 0.29) is 0 Å². The lowest BCUT2D eigenvalue weighted by Crippen LogP contribution is -1.91. The normalized spacial score (nSPS) is 10.4. The summed E-state index contributed by atoms with van der Waals surface area (Å²) in [6.07, 6.45) is 4.77. The van der Waals surface area contributed by atoms with E-state index in [9.17, 15) is 0 Å². The Morgan fingerprint density at radius 1 is 1.62 bits per heavy atom. The first-order valence-corrected chi connectivity index (χ1v) is 4.05. The Bertz CT molecular complexity index is 92.6. The minimum atomic E-state index is 0.629. The molecular formula is C7H13P. The van der Waals surface area contributed by atoms with Crippen molar-refractivity contribution in [1.82, 2.24) is 0 Å². The summed E-state index contributed by atoms with van der Waals surface area (Å²) in [5, 5.41) is 0. The molecule has 0 rings (SSSR count). The molecule has 0 spiro atoms. The van der Waals surface area contributed by atoms with E-state index in [1.807, 2.05) is 0 Å². The molecule has 0 unspecified atom stereocenters. The number of allylic oxidation sites excluding steroid dienone is 1. The highest BCUT2D eigenvalue weighted by Crippen LogP contribution is 2.10. The Labute approximate surface area is 53.4 Å². The van der Waals surface area contributed by atoms with Gasteiger partial charge in [-0.3, -0.25) is 0 Å². The summed E-state index contributed by atoms with van der Waals surface area (Å²) in [5.41, 5.74) is 1.31. The van der Waals surface area contributed by atoms with Crippen molar-refractivity contribution in [3.05, 3.63) is 12.2 Å². The monoisotopic (exact) mass is 128 g/mol. The largest absolute Gasteiger partial charge is 0.108 e. The SMILES string of the molecule is C=PCC(=C)C(C)C. The molecule has 0 heterocycles. The first-order chi connectivity index (χ1) is 3.68. The van der Waals surface area contributed by atoms with Crippen molar-refractivity contribution in [1.29, 1.82) is 0 Å². The summed E-state index contributed by atoms with van der Waals surface area (Å²) in [6, 6.07) is 0. The number of hydrogen-bond donors (Lipinski definition) is 0. The molecule has 0 aliphatic carbocycles. The van der Waals surface area contributed by atoms with Gasteiger partial charge in [0.1, 0.15) is 0 Å². The third kappa shape index (κ3) is 2.98. The Morgan fingerprint density at radius 2 is 2.12 bits per heavy atom. The predicted molar refractivity (Wildman–Crippen MR) is 42.9 cm³/mol. The van der Waals surface area contributed by atoms with Gasteiger partial charge in [0.05, 0.1) is 0 Å². The van der Waals surface area contributed by atoms with Gasteiger partial charge in [0.25, 0.3) is 0 Å². The summed E-state index contributed by atoms with van der Waals surface area (Å²) in [5.74, 6) is 0.629. The van der Waals surface area contributed by atoms with Crippen LogP contribution in [0.2, 0.25) is 0 Å².